The lowest BCUT2D eigenvalue weighted by Crippen LogP contribution is -2.49. The van der Waals surface area contributed by atoms with Crippen molar-refractivity contribution in [3.63, 3.8) is 0 Å². The first-order chi connectivity index (χ1) is 17.1. The van der Waals surface area contributed by atoms with Gasteiger partial charge >= 0.3 is 6.03 Å². The monoisotopic (exact) mass is 472 g/mol. The zero-order valence-electron chi connectivity index (χ0n) is 19.6. The third kappa shape index (κ3) is 5.14. The summed E-state index contributed by atoms with van der Waals surface area (Å²) >= 11 is 0. The lowest BCUT2D eigenvalue weighted by atomic mass is 10.1. The van der Waals surface area contributed by atoms with E-state index in [9.17, 15) is 14.0 Å². The number of piperazine rings is 1. The second kappa shape index (κ2) is 10.2. The fraction of sp³-hybridized carbons (Fsp3) is 0.286. The highest BCUT2D eigenvalue weighted by Gasteiger charge is 2.27. The van der Waals surface area contributed by atoms with Gasteiger partial charge in [-0.15, -0.1) is 0 Å². The van der Waals surface area contributed by atoms with Crippen LogP contribution in [0.25, 0.3) is 0 Å². The topological polar surface area (TPSA) is 47.1 Å². The normalized spacial score (nSPS) is 16.5. The Bertz CT molecular complexity index is 1180. The minimum Gasteiger partial charge on any atom is -0.368 e. The van der Waals surface area contributed by atoms with Crippen LogP contribution in [0.4, 0.5) is 20.6 Å². The Kier molecular flexibility index (Phi) is 6.66. The van der Waals surface area contributed by atoms with Crippen LogP contribution in [0.5, 0.6) is 0 Å². The number of rotatable bonds is 5. The molecule has 0 bridgehead atoms. The van der Waals surface area contributed by atoms with Crippen LogP contribution in [0, 0.1) is 5.82 Å². The van der Waals surface area contributed by atoms with Gasteiger partial charge in [0.05, 0.1) is 0 Å². The molecule has 3 amide bonds. The molecule has 2 fully saturated rings. The Balaban J connectivity index is 1.20. The zero-order chi connectivity index (χ0) is 24.2. The molecule has 6 nitrogen and oxygen atoms in total. The molecule has 2 aliphatic heterocycles. The summed E-state index contributed by atoms with van der Waals surface area (Å²) in [5.41, 5.74) is 3.35. The molecule has 0 N–H and O–H groups in total. The number of hydrogen-bond acceptors (Lipinski definition) is 3. The maximum Gasteiger partial charge on any atom is 0.324 e. The van der Waals surface area contributed by atoms with Crippen LogP contribution in [0.2, 0.25) is 0 Å². The molecule has 5 rings (SSSR count). The summed E-state index contributed by atoms with van der Waals surface area (Å²) in [6.45, 7) is 4.59. The van der Waals surface area contributed by atoms with E-state index >= 15 is 0 Å². The van der Waals surface area contributed by atoms with Gasteiger partial charge in [0.25, 0.3) is 5.91 Å². The van der Waals surface area contributed by atoms with Gasteiger partial charge < -0.3 is 14.7 Å². The molecule has 3 aromatic carbocycles. The molecule has 0 radical (unpaired) electrons. The third-order valence-corrected chi connectivity index (χ3v) is 6.69. The van der Waals surface area contributed by atoms with E-state index in [-0.39, 0.29) is 17.8 Å². The van der Waals surface area contributed by atoms with Crippen molar-refractivity contribution in [1.29, 1.82) is 0 Å². The minimum absolute atomic E-state index is 0.0157. The van der Waals surface area contributed by atoms with E-state index in [1.54, 1.807) is 28.0 Å². The van der Waals surface area contributed by atoms with Crippen LogP contribution < -0.4 is 9.80 Å². The maximum atomic E-state index is 13.5. The van der Waals surface area contributed by atoms with Crippen molar-refractivity contribution >= 4 is 23.3 Å². The number of hydrogen-bond donors (Lipinski definition) is 0. The Morgan fingerprint density at radius 2 is 1.51 bits per heavy atom. The second-order valence-corrected chi connectivity index (χ2v) is 9.00. The largest absolute Gasteiger partial charge is 0.368 e. The van der Waals surface area contributed by atoms with Crippen molar-refractivity contribution in [2.24, 2.45) is 0 Å². The maximum absolute atomic E-state index is 13.5. The summed E-state index contributed by atoms with van der Waals surface area (Å²) < 4.78 is 13.5. The van der Waals surface area contributed by atoms with Crippen molar-refractivity contribution in [2.75, 3.05) is 49.1 Å². The summed E-state index contributed by atoms with van der Waals surface area (Å²) in [6.07, 6.45) is 0.827. The fourth-order valence-corrected chi connectivity index (χ4v) is 4.80. The molecule has 3 aromatic rings. The van der Waals surface area contributed by atoms with Crippen LogP contribution in [0.15, 0.2) is 78.9 Å². The zero-order valence-corrected chi connectivity index (χ0v) is 19.6. The Labute approximate surface area is 205 Å². The third-order valence-electron chi connectivity index (χ3n) is 6.69. The van der Waals surface area contributed by atoms with Crippen molar-refractivity contribution in [1.82, 2.24) is 9.80 Å². The molecule has 0 aromatic heterocycles. The van der Waals surface area contributed by atoms with Crippen LogP contribution in [-0.4, -0.2) is 61.0 Å². The Hall–Kier alpha value is -3.87. The predicted molar refractivity (Wildman–Crippen MR) is 135 cm³/mol. The number of carbonyl (C=O) groups is 2. The first-order valence-electron chi connectivity index (χ1n) is 12.1. The van der Waals surface area contributed by atoms with Crippen molar-refractivity contribution < 1.29 is 14.0 Å². The molecule has 2 saturated heterocycles. The van der Waals surface area contributed by atoms with E-state index in [0.29, 0.717) is 38.3 Å². The van der Waals surface area contributed by atoms with Crippen LogP contribution in [0.1, 0.15) is 22.3 Å². The lowest BCUT2D eigenvalue weighted by Gasteiger charge is -2.36. The highest BCUT2D eigenvalue weighted by atomic mass is 19.1. The van der Waals surface area contributed by atoms with Gasteiger partial charge in [0.15, 0.2) is 0 Å². The van der Waals surface area contributed by atoms with E-state index in [0.717, 1.165) is 30.8 Å². The van der Waals surface area contributed by atoms with Crippen molar-refractivity contribution in [2.45, 2.75) is 13.0 Å². The molecule has 0 atom stereocenters. The Morgan fingerprint density at radius 3 is 2.23 bits per heavy atom. The number of halogens is 1. The lowest BCUT2D eigenvalue weighted by molar-refractivity contribution is 0.0747. The molecule has 0 unspecified atom stereocenters. The summed E-state index contributed by atoms with van der Waals surface area (Å²) in [6, 6.07) is 23.8. The van der Waals surface area contributed by atoms with E-state index in [1.165, 1.54) is 17.8 Å². The first kappa shape index (κ1) is 22.9. The number of para-hydroxylation sites is 1. The molecular formula is C28H29FN4O2. The van der Waals surface area contributed by atoms with Gasteiger partial charge in [0.1, 0.15) is 5.82 Å². The van der Waals surface area contributed by atoms with Gasteiger partial charge in [-0.2, -0.15) is 0 Å². The number of anilines is 2. The summed E-state index contributed by atoms with van der Waals surface area (Å²) in [5.74, 6) is -0.285. The van der Waals surface area contributed by atoms with Crippen LogP contribution in [0.3, 0.4) is 0 Å². The minimum atomic E-state index is -0.300. The van der Waals surface area contributed by atoms with E-state index in [2.05, 4.69) is 17.0 Å². The van der Waals surface area contributed by atoms with Gasteiger partial charge in [-0.1, -0.05) is 30.3 Å². The summed E-state index contributed by atoms with van der Waals surface area (Å²) in [4.78, 5) is 33.8. The molecule has 0 spiro atoms. The van der Waals surface area contributed by atoms with Gasteiger partial charge in [-0.25, -0.2) is 9.18 Å². The van der Waals surface area contributed by atoms with Gasteiger partial charge in [0.2, 0.25) is 0 Å². The SMILES string of the molecule is O=C(c1ccc(N2CCCN(Cc3cccc(F)c3)C2=O)cc1)N1CCN(c2ccccc2)CC1. The molecule has 35 heavy (non-hydrogen) atoms. The van der Waals surface area contributed by atoms with E-state index in [4.69, 9.17) is 0 Å². The number of amides is 3. The number of benzene rings is 3. The molecule has 7 heteroatoms. The number of nitrogens with zero attached hydrogens (tertiary/aromatic N) is 4. The molecular weight excluding hydrogens is 443 g/mol. The molecule has 0 aliphatic carbocycles. The average Bonchev–Trinajstić information content (AvgIpc) is 2.90. The van der Waals surface area contributed by atoms with Crippen molar-refractivity contribution in [3.8, 4) is 0 Å². The van der Waals surface area contributed by atoms with Crippen molar-refractivity contribution in [3.05, 3.63) is 95.8 Å². The smallest absolute Gasteiger partial charge is 0.324 e. The van der Waals surface area contributed by atoms with Gasteiger partial charge in [-0.3, -0.25) is 9.69 Å². The van der Waals surface area contributed by atoms with E-state index < -0.39 is 0 Å². The molecule has 180 valence electrons. The number of urea groups is 1. The summed E-state index contributed by atoms with van der Waals surface area (Å²) in [7, 11) is 0. The van der Waals surface area contributed by atoms with Crippen LogP contribution >= 0.6 is 0 Å². The van der Waals surface area contributed by atoms with E-state index in [1.807, 2.05) is 41.3 Å². The average molecular weight is 473 g/mol. The second-order valence-electron chi connectivity index (χ2n) is 9.00. The standard InChI is InChI=1S/C28H29FN4O2/c29-24-7-4-6-22(20-24)21-32-14-5-15-33(28(32)35)26-12-10-23(11-13-26)27(34)31-18-16-30(17-19-31)25-8-2-1-3-9-25/h1-4,6-13,20H,5,14-19,21H2. The highest BCUT2D eigenvalue weighted by Crippen LogP contribution is 2.23. The molecule has 2 heterocycles. The predicted octanol–water partition coefficient (Wildman–Crippen LogP) is 4.62. The fourth-order valence-electron chi connectivity index (χ4n) is 4.80. The highest BCUT2D eigenvalue weighted by molar-refractivity contribution is 5.96. The first-order valence-corrected chi connectivity index (χ1v) is 12.1. The van der Waals surface area contributed by atoms with Gasteiger partial charge in [0, 0.05) is 62.8 Å². The van der Waals surface area contributed by atoms with Gasteiger partial charge in [-0.05, 0) is 60.5 Å². The molecule has 0 saturated carbocycles. The van der Waals surface area contributed by atoms with Crippen LogP contribution in [-0.2, 0) is 6.54 Å². The number of carbonyl (C=O) groups excluding carboxylic acids is 2. The summed E-state index contributed by atoms with van der Waals surface area (Å²) in [5, 5.41) is 0. The quantitative estimate of drug-likeness (QED) is 0.545. The molecule has 2 aliphatic rings. The Morgan fingerprint density at radius 1 is 0.771 bits per heavy atom.